The summed E-state index contributed by atoms with van der Waals surface area (Å²) in [7, 11) is 0. The monoisotopic (exact) mass is 377 g/mol. The van der Waals surface area contributed by atoms with Crippen molar-refractivity contribution >= 4 is 5.78 Å². The Balaban J connectivity index is 1.41. The van der Waals surface area contributed by atoms with Crippen molar-refractivity contribution in [3.8, 4) is 5.75 Å². The molecule has 2 aromatic carbocycles. The van der Waals surface area contributed by atoms with Crippen LogP contribution in [-0.2, 0) is 6.54 Å². The summed E-state index contributed by atoms with van der Waals surface area (Å²) in [6.45, 7) is 7.11. The van der Waals surface area contributed by atoms with Crippen LogP contribution < -0.4 is 4.74 Å². The largest absolute Gasteiger partial charge is 0.488 e. The number of nitrogens with zero attached hydrogens (tertiary/aromatic N) is 1. The Morgan fingerprint density at radius 3 is 2.14 bits per heavy atom. The number of rotatable bonds is 5. The molecule has 0 aliphatic carbocycles. The SMILES string of the molecule is CC(C)(C)Oc1ccc(C(=O)C2CC3CCC(C2)N3Cc2ccccc2)cc1. The molecule has 0 aromatic heterocycles. The predicted molar refractivity (Wildman–Crippen MR) is 113 cm³/mol. The standard InChI is InChI=1S/C25H31NO2/c1-25(2,3)28-23-13-9-19(10-14-23)24(27)20-15-21-11-12-22(16-20)26(21)17-18-7-5-4-6-8-18/h4-10,13-14,20-22H,11-12,15-17H2,1-3H3. The quantitative estimate of drug-likeness (QED) is 0.645. The second kappa shape index (κ2) is 7.71. The third kappa shape index (κ3) is 4.30. The van der Waals surface area contributed by atoms with Gasteiger partial charge in [-0.25, -0.2) is 0 Å². The molecular formula is C25H31NO2. The van der Waals surface area contributed by atoms with Crippen molar-refractivity contribution in [3.63, 3.8) is 0 Å². The lowest BCUT2D eigenvalue weighted by molar-refractivity contribution is 0.0678. The van der Waals surface area contributed by atoms with Gasteiger partial charge in [-0.1, -0.05) is 30.3 Å². The summed E-state index contributed by atoms with van der Waals surface area (Å²) in [4.78, 5) is 15.8. The van der Waals surface area contributed by atoms with Crippen molar-refractivity contribution in [2.24, 2.45) is 5.92 Å². The Morgan fingerprint density at radius 2 is 1.57 bits per heavy atom. The van der Waals surface area contributed by atoms with Crippen LogP contribution in [0.15, 0.2) is 54.6 Å². The number of carbonyl (C=O) groups is 1. The molecule has 2 bridgehead atoms. The van der Waals surface area contributed by atoms with Crippen LogP contribution >= 0.6 is 0 Å². The van der Waals surface area contributed by atoms with Crippen molar-refractivity contribution in [2.75, 3.05) is 0 Å². The second-order valence-corrected chi connectivity index (χ2v) is 9.31. The number of benzene rings is 2. The number of ketones is 1. The normalized spacial score (nSPS) is 24.9. The molecule has 0 saturated carbocycles. The fourth-order valence-corrected chi connectivity index (χ4v) is 4.82. The highest BCUT2D eigenvalue weighted by atomic mass is 16.5. The zero-order chi connectivity index (χ0) is 19.7. The highest BCUT2D eigenvalue weighted by Crippen LogP contribution is 2.40. The topological polar surface area (TPSA) is 29.5 Å². The number of Topliss-reactive ketones (excluding diaryl/α,β-unsaturated/α-hetero) is 1. The van der Waals surface area contributed by atoms with Gasteiger partial charge in [0, 0.05) is 30.1 Å². The molecular weight excluding hydrogens is 346 g/mol. The minimum Gasteiger partial charge on any atom is -0.488 e. The molecule has 3 nitrogen and oxygen atoms in total. The van der Waals surface area contributed by atoms with Gasteiger partial charge < -0.3 is 4.74 Å². The fraction of sp³-hybridized carbons (Fsp3) is 0.480. The first-order valence-electron chi connectivity index (χ1n) is 10.5. The zero-order valence-corrected chi connectivity index (χ0v) is 17.2. The van der Waals surface area contributed by atoms with E-state index in [-0.39, 0.29) is 11.5 Å². The number of ether oxygens (including phenoxy) is 1. The van der Waals surface area contributed by atoms with Gasteiger partial charge in [0.25, 0.3) is 0 Å². The molecule has 4 rings (SSSR count). The van der Waals surface area contributed by atoms with Crippen LogP contribution in [0.3, 0.4) is 0 Å². The molecule has 2 fully saturated rings. The van der Waals surface area contributed by atoms with Gasteiger partial charge in [0.1, 0.15) is 11.4 Å². The number of piperidine rings is 1. The summed E-state index contributed by atoms with van der Waals surface area (Å²) in [5, 5.41) is 0. The zero-order valence-electron chi connectivity index (χ0n) is 17.2. The molecule has 2 aromatic rings. The van der Waals surface area contributed by atoms with Gasteiger partial charge in [-0.05, 0) is 76.3 Å². The maximum atomic E-state index is 13.1. The van der Waals surface area contributed by atoms with Gasteiger partial charge in [-0.2, -0.15) is 0 Å². The molecule has 0 amide bonds. The molecule has 3 heteroatoms. The first kappa shape index (κ1) is 19.2. The van der Waals surface area contributed by atoms with Crippen molar-refractivity contribution < 1.29 is 9.53 Å². The molecule has 0 radical (unpaired) electrons. The van der Waals surface area contributed by atoms with Crippen molar-refractivity contribution in [1.82, 2.24) is 4.90 Å². The lowest BCUT2D eigenvalue weighted by Gasteiger charge is -2.38. The molecule has 2 heterocycles. The van der Waals surface area contributed by atoms with Crippen LogP contribution in [0.25, 0.3) is 0 Å². The lowest BCUT2D eigenvalue weighted by atomic mass is 9.84. The van der Waals surface area contributed by atoms with Gasteiger partial charge in [0.05, 0.1) is 0 Å². The van der Waals surface area contributed by atoms with E-state index < -0.39 is 0 Å². The molecule has 2 atom stereocenters. The van der Waals surface area contributed by atoms with E-state index in [4.69, 9.17) is 4.74 Å². The Labute approximate surface area is 168 Å². The maximum absolute atomic E-state index is 13.1. The smallest absolute Gasteiger partial charge is 0.166 e. The van der Waals surface area contributed by atoms with Crippen LogP contribution in [0, 0.1) is 5.92 Å². The summed E-state index contributed by atoms with van der Waals surface area (Å²) in [6.07, 6.45) is 4.42. The third-order valence-electron chi connectivity index (χ3n) is 6.03. The molecule has 2 aliphatic heterocycles. The number of fused-ring (bicyclic) bond motifs is 2. The maximum Gasteiger partial charge on any atom is 0.166 e. The van der Waals surface area contributed by atoms with E-state index >= 15 is 0 Å². The van der Waals surface area contributed by atoms with Crippen molar-refractivity contribution in [3.05, 3.63) is 65.7 Å². The van der Waals surface area contributed by atoms with Crippen LogP contribution in [0.2, 0.25) is 0 Å². The van der Waals surface area contributed by atoms with Crippen LogP contribution in [0.5, 0.6) is 5.75 Å². The number of hydrogen-bond donors (Lipinski definition) is 0. The van der Waals surface area contributed by atoms with E-state index in [9.17, 15) is 4.79 Å². The average molecular weight is 378 g/mol. The Bertz CT molecular complexity index is 793. The van der Waals surface area contributed by atoms with Gasteiger partial charge in [0.2, 0.25) is 0 Å². The minimum absolute atomic E-state index is 0.152. The van der Waals surface area contributed by atoms with Crippen LogP contribution in [0.4, 0.5) is 0 Å². The lowest BCUT2D eigenvalue weighted by Crippen LogP contribution is -2.44. The van der Waals surface area contributed by atoms with E-state index in [0.717, 1.165) is 30.7 Å². The Morgan fingerprint density at radius 1 is 0.964 bits per heavy atom. The van der Waals surface area contributed by atoms with E-state index in [0.29, 0.717) is 17.9 Å². The number of hydrogen-bond acceptors (Lipinski definition) is 3. The molecule has 0 N–H and O–H groups in total. The van der Waals surface area contributed by atoms with Crippen molar-refractivity contribution in [2.45, 2.75) is 70.7 Å². The molecule has 28 heavy (non-hydrogen) atoms. The van der Waals surface area contributed by atoms with Crippen LogP contribution in [-0.4, -0.2) is 28.4 Å². The third-order valence-corrected chi connectivity index (χ3v) is 6.03. The first-order chi connectivity index (χ1) is 13.4. The summed E-state index contributed by atoms with van der Waals surface area (Å²) < 4.78 is 5.88. The Kier molecular flexibility index (Phi) is 5.29. The van der Waals surface area contributed by atoms with E-state index in [1.165, 1.54) is 18.4 Å². The predicted octanol–water partition coefficient (Wildman–Crippen LogP) is 5.49. The summed E-state index contributed by atoms with van der Waals surface area (Å²) in [5.41, 5.74) is 1.97. The average Bonchev–Trinajstić information content (AvgIpc) is 2.89. The van der Waals surface area contributed by atoms with Gasteiger partial charge in [0.15, 0.2) is 5.78 Å². The molecule has 2 unspecified atom stereocenters. The number of carbonyl (C=O) groups excluding carboxylic acids is 1. The highest BCUT2D eigenvalue weighted by molar-refractivity contribution is 5.98. The van der Waals surface area contributed by atoms with Gasteiger partial charge in [-0.3, -0.25) is 9.69 Å². The molecule has 2 aliphatic rings. The molecule has 148 valence electrons. The first-order valence-corrected chi connectivity index (χ1v) is 10.5. The summed E-state index contributed by atoms with van der Waals surface area (Å²) in [5.74, 6) is 1.28. The van der Waals surface area contributed by atoms with E-state index in [1.54, 1.807) is 0 Å². The molecule has 2 saturated heterocycles. The van der Waals surface area contributed by atoms with E-state index in [2.05, 4.69) is 35.2 Å². The molecule has 0 spiro atoms. The highest BCUT2D eigenvalue weighted by Gasteiger charge is 2.42. The Hall–Kier alpha value is -2.13. The van der Waals surface area contributed by atoms with Crippen molar-refractivity contribution in [1.29, 1.82) is 0 Å². The minimum atomic E-state index is -0.226. The fourth-order valence-electron chi connectivity index (χ4n) is 4.82. The van der Waals surface area contributed by atoms with E-state index in [1.807, 2.05) is 45.0 Å². The summed E-state index contributed by atoms with van der Waals surface area (Å²) in [6, 6.07) is 19.5. The second-order valence-electron chi connectivity index (χ2n) is 9.31. The van der Waals surface area contributed by atoms with Gasteiger partial charge in [-0.15, -0.1) is 0 Å². The van der Waals surface area contributed by atoms with Gasteiger partial charge >= 0.3 is 0 Å². The van der Waals surface area contributed by atoms with Crippen LogP contribution in [0.1, 0.15) is 62.4 Å². The summed E-state index contributed by atoms with van der Waals surface area (Å²) >= 11 is 0.